The maximum Gasteiger partial charge on any atom is 0.203 e. The highest BCUT2D eigenvalue weighted by atomic mass is 16.5. The van der Waals surface area contributed by atoms with Crippen molar-refractivity contribution in [2.24, 2.45) is 5.16 Å². The third-order valence-electron chi connectivity index (χ3n) is 4.27. The Balaban J connectivity index is 2.44. The van der Waals surface area contributed by atoms with Crippen molar-refractivity contribution in [1.82, 2.24) is 0 Å². The summed E-state index contributed by atoms with van der Waals surface area (Å²) in [5, 5.41) is 23.3. The highest BCUT2D eigenvalue weighted by Gasteiger charge is 2.29. The first-order chi connectivity index (χ1) is 11.7. The van der Waals surface area contributed by atoms with E-state index in [0.29, 0.717) is 46.9 Å². The zero-order chi connectivity index (χ0) is 17.3. The molecule has 0 spiro atoms. The van der Waals surface area contributed by atoms with E-state index in [9.17, 15) is 10.3 Å². The van der Waals surface area contributed by atoms with Crippen LogP contribution in [0.2, 0.25) is 0 Å². The van der Waals surface area contributed by atoms with Crippen molar-refractivity contribution >= 4 is 5.71 Å². The van der Waals surface area contributed by atoms with Crippen molar-refractivity contribution in [2.45, 2.75) is 12.8 Å². The summed E-state index contributed by atoms with van der Waals surface area (Å²) in [5.41, 5.74) is 3.39. The van der Waals surface area contributed by atoms with Gasteiger partial charge in [-0.3, -0.25) is 0 Å². The van der Waals surface area contributed by atoms with Crippen LogP contribution in [0.1, 0.15) is 17.5 Å². The third kappa shape index (κ3) is 2.31. The number of ether oxygens (including phenoxy) is 3. The minimum absolute atomic E-state index is 0.0855. The summed E-state index contributed by atoms with van der Waals surface area (Å²) in [6.45, 7) is 0. The van der Waals surface area contributed by atoms with Crippen molar-refractivity contribution in [3.05, 3.63) is 35.4 Å². The SMILES string of the molecule is COc1cc2c(c(OC)c1OC)-c1c(O)cccc1C(=NO)CC2. The van der Waals surface area contributed by atoms with Crippen LogP contribution in [-0.4, -0.2) is 37.4 Å². The molecule has 6 nitrogen and oxygen atoms in total. The van der Waals surface area contributed by atoms with Gasteiger partial charge in [0.1, 0.15) is 5.75 Å². The van der Waals surface area contributed by atoms with Gasteiger partial charge < -0.3 is 24.5 Å². The second kappa shape index (κ2) is 6.31. The van der Waals surface area contributed by atoms with Crippen LogP contribution in [0.4, 0.5) is 0 Å². The quantitative estimate of drug-likeness (QED) is 0.667. The van der Waals surface area contributed by atoms with E-state index in [0.717, 1.165) is 11.1 Å². The topological polar surface area (TPSA) is 80.5 Å². The van der Waals surface area contributed by atoms with Gasteiger partial charge in [0.2, 0.25) is 5.75 Å². The van der Waals surface area contributed by atoms with Gasteiger partial charge in [-0.2, -0.15) is 0 Å². The first kappa shape index (κ1) is 16.0. The van der Waals surface area contributed by atoms with Gasteiger partial charge in [0.15, 0.2) is 11.5 Å². The van der Waals surface area contributed by atoms with Gasteiger partial charge in [-0.25, -0.2) is 0 Å². The van der Waals surface area contributed by atoms with Gasteiger partial charge >= 0.3 is 0 Å². The molecule has 126 valence electrons. The first-order valence-electron chi connectivity index (χ1n) is 7.51. The van der Waals surface area contributed by atoms with Crippen molar-refractivity contribution in [2.75, 3.05) is 21.3 Å². The summed E-state index contributed by atoms with van der Waals surface area (Å²) >= 11 is 0. The van der Waals surface area contributed by atoms with E-state index >= 15 is 0 Å². The van der Waals surface area contributed by atoms with Crippen molar-refractivity contribution in [3.63, 3.8) is 0 Å². The molecule has 24 heavy (non-hydrogen) atoms. The first-order valence-corrected chi connectivity index (χ1v) is 7.51. The number of oxime groups is 1. The van der Waals surface area contributed by atoms with Gasteiger partial charge in [-0.1, -0.05) is 17.3 Å². The number of methoxy groups -OCH3 is 3. The molecule has 1 aliphatic rings. The van der Waals surface area contributed by atoms with Gasteiger partial charge in [0.25, 0.3) is 0 Å². The third-order valence-corrected chi connectivity index (χ3v) is 4.27. The molecule has 2 N–H and O–H groups in total. The van der Waals surface area contributed by atoms with Gasteiger partial charge in [0, 0.05) is 16.7 Å². The predicted octanol–water partition coefficient (Wildman–Crippen LogP) is 3.21. The van der Waals surface area contributed by atoms with Crippen molar-refractivity contribution in [3.8, 4) is 34.1 Å². The number of hydrogen-bond acceptors (Lipinski definition) is 6. The van der Waals surface area contributed by atoms with Crippen LogP contribution in [0.3, 0.4) is 0 Å². The maximum atomic E-state index is 10.5. The fraction of sp³-hybridized carbons (Fsp3) is 0.278. The summed E-state index contributed by atoms with van der Waals surface area (Å²) in [6.07, 6.45) is 1.14. The lowest BCUT2D eigenvalue weighted by atomic mass is 9.93. The lowest BCUT2D eigenvalue weighted by Gasteiger charge is -2.20. The second-order valence-electron chi connectivity index (χ2n) is 5.43. The van der Waals surface area contributed by atoms with Gasteiger partial charge in [-0.15, -0.1) is 0 Å². The lowest BCUT2D eigenvalue weighted by molar-refractivity contribution is 0.318. The average molecular weight is 329 g/mol. The average Bonchev–Trinajstić information content (AvgIpc) is 2.77. The molecular weight excluding hydrogens is 310 g/mol. The van der Waals surface area contributed by atoms with Gasteiger partial charge in [0.05, 0.1) is 27.0 Å². The van der Waals surface area contributed by atoms with Crippen LogP contribution in [0.5, 0.6) is 23.0 Å². The predicted molar refractivity (Wildman–Crippen MR) is 89.8 cm³/mol. The summed E-state index contributed by atoms with van der Waals surface area (Å²) < 4.78 is 16.5. The van der Waals surface area contributed by atoms with E-state index in [-0.39, 0.29) is 5.75 Å². The normalized spacial score (nSPS) is 14.5. The molecule has 0 heterocycles. The number of hydrogen-bond donors (Lipinski definition) is 2. The summed E-state index contributed by atoms with van der Waals surface area (Å²) in [6, 6.07) is 7.00. The number of benzene rings is 2. The molecule has 0 bridgehead atoms. The molecule has 0 radical (unpaired) electrons. The van der Waals surface area contributed by atoms with Crippen LogP contribution in [0, 0.1) is 0 Å². The van der Waals surface area contributed by atoms with E-state index in [1.807, 2.05) is 12.1 Å². The number of fused-ring (bicyclic) bond motifs is 3. The molecule has 2 aromatic carbocycles. The zero-order valence-electron chi connectivity index (χ0n) is 13.8. The largest absolute Gasteiger partial charge is 0.507 e. The number of nitrogens with zero attached hydrogens (tertiary/aromatic N) is 1. The molecule has 0 saturated heterocycles. The van der Waals surface area contributed by atoms with Crippen LogP contribution in [0.25, 0.3) is 11.1 Å². The molecule has 0 saturated carbocycles. The Morgan fingerprint density at radius 3 is 2.33 bits per heavy atom. The number of phenolic OH excluding ortho intramolecular Hbond substituents is 1. The Bertz CT molecular complexity index is 814. The van der Waals surface area contributed by atoms with Crippen molar-refractivity contribution in [1.29, 1.82) is 0 Å². The zero-order valence-corrected chi connectivity index (χ0v) is 13.8. The standard InChI is InChI=1S/C18H19NO5/c1-22-14-9-10-7-8-12(19-21)11-5-4-6-13(20)16(11)15(10)18(24-3)17(14)23-2/h4-6,9,20-21H,7-8H2,1-3H3. The molecule has 0 fully saturated rings. The Morgan fingerprint density at radius 2 is 1.71 bits per heavy atom. The Kier molecular flexibility index (Phi) is 4.20. The second-order valence-corrected chi connectivity index (χ2v) is 5.43. The minimum Gasteiger partial charge on any atom is -0.507 e. The molecule has 0 atom stereocenters. The maximum absolute atomic E-state index is 10.5. The molecule has 2 aromatic rings. The summed E-state index contributed by atoms with van der Waals surface area (Å²) in [4.78, 5) is 0. The van der Waals surface area contributed by atoms with Crippen LogP contribution < -0.4 is 14.2 Å². The van der Waals surface area contributed by atoms with Crippen LogP contribution in [0.15, 0.2) is 29.4 Å². The smallest absolute Gasteiger partial charge is 0.203 e. The minimum atomic E-state index is 0.0855. The molecule has 0 unspecified atom stereocenters. The summed E-state index contributed by atoms with van der Waals surface area (Å²) in [7, 11) is 4.64. The molecule has 0 aromatic heterocycles. The Morgan fingerprint density at radius 1 is 0.958 bits per heavy atom. The Hall–Kier alpha value is -2.89. The molecule has 0 amide bonds. The molecule has 1 aliphatic carbocycles. The molecule has 0 aliphatic heterocycles. The number of aromatic hydroxyl groups is 1. The molecule has 6 heteroatoms. The Labute approximate surface area is 139 Å². The van der Waals surface area contributed by atoms with E-state index in [2.05, 4.69) is 5.16 Å². The highest BCUT2D eigenvalue weighted by molar-refractivity contribution is 6.09. The number of phenols is 1. The van der Waals surface area contributed by atoms with E-state index in [1.54, 1.807) is 26.4 Å². The number of rotatable bonds is 3. The molecular formula is C18H19NO5. The van der Waals surface area contributed by atoms with Gasteiger partial charge in [-0.05, 0) is 30.5 Å². The molecule has 3 rings (SSSR count). The number of aryl methyl sites for hydroxylation is 1. The van der Waals surface area contributed by atoms with Crippen LogP contribution in [-0.2, 0) is 6.42 Å². The fourth-order valence-electron chi connectivity index (χ4n) is 3.21. The fourth-order valence-corrected chi connectivity index (χ4v) is 3.21. The summed E-state index contributed by atoms with van der Waals surface area (Å²) in [5.74, 6) is 1.57. The van der Waals surface area contributed by atoms with E-state index in [1.165, 1.54) is 7.11 Å². The van der Waals surface area contributed by atoms with Crippen LogP contribution >= 0.6 is 0 Å². The highest BCUT2D eigenvalue weighted by Crippen LogP contribution is 2.51. The lowest BCUT2D eigenvalue weighted by Crippen LogP contribution is -2.02. The van der Waals surface area contributed by atoms with E-state index < -0.39 is 0 Å². The monoisotopic (exact) mass is 329 g/mol. The van der Waals surface area contributed by atoms with Crippen molar-refractivity contribution < 1.29 is 24.5 Å². The van der Waals surface area contributed by atoms with E-state index in [4.69, 9.17) is 14.2 Å².